The van der Waals surface area contributed by atoms with Crippen molar-refractivity contribution >= 4 is 33.3 Å². The van der Waals surface area contributed by atoms with E-state index in [1.807, 2.05) is 42.5 Å². The van der Waals surface area contributed by atoms with Crippen LogP contribution in [0.25, 0.3) is 0 Å². The van der Waals surface area contributed by atoms with Crippen molar-refractivity contribution in [3.63, 3.8) is 0 Å². The molecule has 0 atom stereocenters. The minimum absolute atomic E-state index is 0.197. The summed E-state index contributed by atoms with van der Waals surface area (Å²) >= 11 is 3.38. The monoisotopic (exact) mass is 382 g/mol. The Morgan fingerprint density at radius 3 is 2.67 bits per heavy atom. The van der Waals surface area contributed by atoms with Crippen LogP contribution in [0.2, 0.25) is 0 Å². The molecule has 0 aliphatic heterocycles. The fourth-order valence-corrected chi connectivity index (χ4v) is 2.49. The Balaban J connectivity index is 1.60. The van der Waals surface area contributed by atoms with Crippen molar-refractivity contribution in [2.24, 2.45) is 0 Å². The first-order valence-corrected chi connectivity index (χ1v) is 8.17. The highest BCUT2D eigenvalue weighted by atomic mass is 79.9. The number of halogens is 1. The molecular weight excluding hydrogens is 368 g/mol. The van der Waals surface area contributed by atoms with Crippen LogP contribution in [-0.2, 0) is 6.54 Å². The van der Waals surface area contributed by atoms with Crippen molar-refractivity contribution in [2.75, 3.05) is 10.6 Å². The van der Waals surface area contributed by atoms with Gasteiger partial charge in [0.15, 0.2) is 0 Å². The molecule has 0 unspecified atom stereocenters. The predicted octanol–water partition coefficient (Wildman–Crippen LogP) is 4.10. The maximum absolute atomic E-state index is 12.2. The number of nitrogens with zero attached hydrogens (tertiary/aromatic N) is 2. The molecule has 2 heterocycles. The van der Waals surface area contributed by atoms with Crippen LogP contribution in [0.3, 0.4) is 0 Å². The molecule has 0 saturated carbocycles. The van der Waals surface area contributed by atoms with Crippen LogP contribution >= 0.6 is 15.9 Å². The van der Waals surface area contributed by atoms with Gasteiger partial charge in [-0.25, -0.2) is 4.98 Å². The first kappa shape index (κ1) is 16.1. The standard InChI is InChI=1S/C18H15BrN4O/c19-14-4-3-6-15(10-14)23-18(24)13-7-8-17(21-11-13)22-12-16-5-1-2-9-20-16/h1-11H,12H2,(H,21,22)(H,23,24). The Hall–Kier alpha value is -2.73. The highest BCUT2D eigenvalue weighted by Gasteiger charge is 2.07. The van der Waals surface area contributed by atoms with Crippen molar-refractivity contribution in [1.82, 2.24) is 9.97 Å². The molecule has 6 heteroatoms. The van der Waals surface area contributed by atoms with Crippen LogP contribution in [0.1, 0.15) is 16.1 Å². The van der Waals surface area contributed by atoms with E-state index >= 15 is 0 Å². The van der Waals surface area contributed by atoms with Crippen LogP contribution in [0, 0.1) is 0 Å². The van der Waals surface area contributed by atoms with E-state index in [1.54, 1.807) is 24.5 Å². The number of anilines is 2. The number of aromatic nitrogens is 2. The summed E-state index contributed by atoms with van der Waals surface area (Å²) in [6.07, 6.45) is 3.30. The van der Waals surface area contributed by atoms with Crippen molar-refractivity contribution < 1.29 is 4.79 Å². The first-order chi connectivity index (χ1) is 11.7. The molecule has 24 heavy (non-hydrogen) atoms. The van der Waals surface area contributed by atoms with E-state index in [1.165, 1.54) is 0 Å². The van der Waals surface area contributed by atoms with Crippen LogP contribution in [0.5, 0.6) is 0 Å². The number of hydrogen-bond donors (Lipinski definition) is 2. The van der Waals surface area contributed by atoms with Gasteiger partial charge in [0.2, 0.25) is 0 Å². The van der Waals surface area contributed by atoms with Gasteiger partial charge in [-0.3, -0.25) is 9.78 Å². The smallest absolute Gasteiger partial charge is 0.257 e. The number of nitrogens with one attached hydrogen (secondary N) is 2. The van der Waals surface area contributed by atoms with Crippen LogP contribution < -0.4 is 10.6 Å². The van der Waals surface area contributed by atoms with Crippen LogP contribution in [0.15, 0.2) is 71.5 Å². The van der Waals surface area contributed by atoms with E-state index in [0.29, 0.717) is 17.9 Å². The first-order valence-electron chi connectivity index (χ1n) is 7.37. The van der Waals surface area contributed by atoms with Gasteiger partial charge in [0.1, 0.15) is 5.82 Å². The summed E-state index contributed by atoms with van der Waals surface area (Å²) < 4.78 is 0.910. The number of benzene rings is 1. The van der Waals surface area contributed by atoms with Gasteiger partial charge in [0.05, 0.1) is 17.8 Å². The summed E-state index contributed by atoms with van der Waals surface area (Å²) in [5, 5.41) is 6.01. The minimum Gasteiger partial charge on any atom is -0.364 e. The predicted molar refractivity (Wildman–Crippen MR) is 97.9 cm³/mol. The third-order valence-corrected chi connectivity index (χ3v) is 3.78. The third-order valence-electron chi connectivity index (χ3n) is 3.28. The van der Waals surface area contributed by atoms with E-state index in [9.17, 15) is 4.79 Å². The summed E-state index contributed by atoms with van der Waals surface area (Å²) in [5.74, 6) is 0.497. The quantitative estimate of drug-likeness (QED) is 0.696. The molecule has 5 nitrogen and oxygen atoms in total. The molecule has 0 fully saturated rings. The van der Waals surface area contributed by atoms with Crippen molar-refractivity contribution in [3.8, 4) is 0 Å². The second kappa shape index (κ2) is 7.70. The van der Waals surface area contributed by atoms with Crippen molar-refractivity contribution in [1.29, 1.82) is 0 Å². The molecule has 0 radical (unpaired) electrons. The Bertz CT molecular complexity index is 822. The van der Waals surface area contributed by atoms with Gasteiger partial charge in [0, 0.05) is 22.6 Å². The minimum atomic E-state index is -0.197. The number of carbonyl (C=O) groups is 1. The van der Waals surface area contributed by atoms with Gasteiger partial charge in [-0.2, -0.15) is 0 Å². The summed E-state index contributed by atoms with van der Waals surface area (Å²) in [6, 6.07) is 16.7. The molecule has 0 aliphatic rings. The fraction of sp³-hybridized carbons (Fsp3) is 0.0556. The lowest BCUT2D eigenvalue weighted by molar-refractivity contribution is 0.102. The highest BCUT2D eigenvalue weighted by Crippen LogP contribution is 2.16. The van der Waals surface area contributed by atoms with E-state index < -0.39 is 0 Å². The average Bonchev–Trinajstić information content (AvgIpc) is 2.61. The molecule has 3 aromatic rings. The summed E-state index contributed by atoms with van der Waals surface area (Å²) in [6.45, 7) is 0.581. The zero-order chi connectivity index (χ0) is 16.8. The van der Waals surface area contributed by atoms with Crippen LogP contribution in [0.4, 0.5) is 11.5 Å². The molecule has 0 spiro atoms. The lowest BCUT2D eigenvalue weighted by atomic mass is 10.2. The van der Waals surface area contributed by atoms with Crippen molar-refractivity contribution in [3.05, 3.63) is 82.7 Å². The molecule has 0 bridgehead atoms. The molecule has 120 valence electrons. The van der Waals surface area contributed by atoms with Gasteiger partial charge >= 0.3 is 0 Å². The molecule has 3 rings (SSSR count). The second-order valence-corrected chi connectivity index (χ2v) is 5.99. The van der Waals surface area contributed by atoms with Gasteiger partial charge in [-0.05, 0) is 42.5 Å². The Kier molecular flexibility index (Phi) is 5.18. The molecule has 1 aromatic carbocycles. The average molecular weight is 383 g/mol. The SMILES string of the molecule is O=C(Nc1cccc(Br)c1)c1ccc(NCc2ccccn2)nc1. The van der Waals surface area contributed by atoms with E-state index in [-0.39, 0.29) is 5.91 Å². The molecular formula is C18H15BrN4O. The van der Waals surface area contributed by atoms with Crippen molar-refractivity contribution in [2.45, 2.75) is 6.54 Å². The number of rotatable bonds is 5. The lowest BCUT2D eigenvalue weighted by Crippen LogP contribution is -2.12. The van der Waals surface area contributed by atoms with E-state index in [4.69, 9.17) is 0 Å². The van der Waals surface area contributed by atoms with Gasteiger partial charge in [-0.15, -0.1) is 0 Å². The summed E-state index contributed by atoms with van der Waals surface area (Å²) in [5.41, 5.74) is 2.15. The largest absolute Gasteiger partial charge is 0.364 e. The normalized spacial score (nSPS) is 10.2. The lowest BCUT2D eigenvalue weighted by Gasteiger charge is -2.07. The topological polar surface area (TPSA) is 66.9 Å². The molecule has 2 aromatic heterocycles. The Labute approximate surface area is 148 Å². The number of carbonyl (C=O) groups excluding carboxylic acids is 1. The molecule has 0 aliphatic carbocycles. The highest BCUT2D eigenvalue weighted by molar-refractivity contribution is 9.10. The molecule has 1 amide bonds. The summed E-state index contributed by atoms with van der Waals surface area (Å²) in [4.78, 5) is 20.7. The zero-order valence-electron chi connectivity index (χ0n) is 12.7. The second-order valence-electron chi connectivity index (χ2n) is 5.07. The maximum Gasteiger partial charge on any atom is 0.257 e. The molecule has 0 saturated heterocycles. The van der Waals surface area contributed by atoms with Gasteiger partial charge in [-0.1, -0.05) is 28.1 Å². The summed E-state index contributed by atoms with van der Waals surface area (Å²) in [7, 11) is 0. The molecule has 2 N–H and O–H groups in total. The number of hydrogen-bond acceptors (Lipinski definition) is 4. The Morgan fingerprint density at radius 1 is 1.04 bits per heavy atom. The van der Waals surface area contributed by atoms with Crippen LogP contribution in [-0.4, -0.2) is 15.9 Å². The third kappa shape index (κ3) is 4.39. The Morgan fingerprint density at radius 2 is 1.96 bits per heavy atom. The fourth-order valence-electron chi connectivity index (χ4n) is 2.09. The van der Waals surface area contributed by atoms with Gasteiger partial charge in [0.25, 0.3) is 5.91 Å². The van der Waals surface area contributed by atoms with E-state index in [2.05, 4.69) is 36.5 Å². The van der Waals surface area contributed by atoms with E-state index in [0.717, 1.165) is 15.9 Å². The number of amides is 1. The van der Waals surface area contributed by atoms with Gasteiger partial charge < -0.3 is 10.6 Å². The maximum atomic E-state index is 12.2. The zero-order valence-corrected chi connectivity index (χ0v) is 14.3. The number of pyridine rings is 2.